The summed E-state index contributed by atoms with van der Waals surface area (Å²) < 4.78 is 9.87. The molecule has 5 nitrogen and oxygen atoms in total. The summed E-state index contributed by atoms with van der Waals surface area (Å²) in [6, 6.07) is 10.0. The van der Waals surface area contributed by atoms with Gasteiger partial charge in [0, 0.05) is 17.1 Å². The Labute approximate surface area is 133 Å². The summed E-state index contributed by atoms with van der Waals surface area (Å²) in [5, 5.41) is 18.3. The molecule has 0 bridgehead atoms. The summed E-state index contributed by atoms with van der Waals surface area (Å²) in [5.74, 6) is -1.46. The Hall–Kier alpha value is -1.88. The zero-order chi connectivity index (χ0) is 14.4. The van der Waals surface area contributed by atoms with E-state index in [0.717, 1.165) is 0 Å². The summed E-state index contributed by atoms with van der Waals surface area (Å²) in [6.07, 6.45) is 4.47. The van der Waals surface area contributed by atoms with E-state index in [-0.39, 0.29) is 46.9 Å². The van der Waals surface area contributed by atoms with E-state index < -0.39 is 5.97 Å². The van der Waals surface area contributed by atoms with Gasteiger partial charge in [-0.3, -0.25) is 0 Å². The number of aliphatic hydroxyl groups is 1. The van der Waals surface area contributed by atoms with Gasteiger partial charge in [0.2, 0.25) is 0 Å². The van der Waals surface area contributed by atoms with E-state index in [1.807, 2.05) is 30.3 Å². The van der Waals surface area contributed by atoms with Crippen LogP contribution in [0.25, 0.3) is 0 Å². The average Bonchev–Trinajstić information content (AvgIpc) is 2.93. The number of ether oxygens (including phenoxy) is 2. The summed E-state index contributed by atoms with van der Waals surface area (Å²) >= 11 is 0. The maximum absolute atomic E-state index is 10.7. The van der Waals surface area contributed by atoms with Crippen molar-refractivity contribution < 1.29 is 41.5 Å². The van der Waals surface area contributed by atoms with Crippen molar-refractivity contribution in [1.29, 1.82) is 0 Å². The molecule has 0 amide bonds. The second-order valence-corrected chi connectivity index (χ2v) is 4.19. The summed E-state index contributed by atoms with van der Waals surface area (Å²) in [7, 11) is 0. The number of hydrogen-bond acceptors (Lipinski definition) is 4. The average molecular weight is 331 g/mol. The van der Waals surface area contributed by atoms with Gasteiger partial charge in [0.1, 0.15) is 12.7 Å². The van der Waals surface area contributed by atoms with Crippen LogP contribution >= 0.6 is 0 Å². The zero-order valence-electron chi connectivity index (χ0n) is 11.1. The minimum Gasteiger partial charge on any atom is -0.481 e. The molecule has 0 aromatic heterocycles. The summed E-state index contributed by atoms with van der Waals surface area (Å²) in [4.78, 5) is 10.7. The first-order valence-electron chi connectivity index (χ1n) is 6.15. The van der Waals surface area contributed by atoms with Crippen LogP contribution in [-0.2, 0) is 31.3 Å². The van der Waals surface area contributed by atoms with Gasteiger partial charge in [-0.2, -0.15) is 18.2 Å². The molecule has 114 valence electrons. The first kappa shape index (κ1) is 17.2. The fourth-order valence-electron chi connectivity index (χ4n) is 1.53. The SMILES string of the molecule is O=C(O)C1=CC=C/C1=C(/O)OCC1CO1.[Fe].c1cc[cH-]c1. The maximum Gasteiger partial charge on any atom is 0.336 e. The topological polar surface area (TPSA) is 79.3 Å². The van der Waals surface area contributed by atoms with Crippen molar-refractivity contribution in [2.45, 2.75) is 6.10 Å². The van der Waals surface area contributed by atoms with E-state index >= 15 is 0 Å². The number of carboxylic acids is 1. The Balaban J connectivity index is 0.000000313. The molecule has 1 saturated heterocycles. The molecule has 1 aliphatic carbocycles. The van der Waals surface area contributed by atoms with Crippen molar-refractivity contribution in [2.75, 3.05) is 13.2 Å². The monoisotopic (exact) mass is 331 g/mol. The molecule has 1 unspecified atom stereocenters. The van der Waals surface area contributed by atoms with E-state index in [9.17, 15) is 9.90 Å². The Morgan fingerprint density at radius 1 is 1.38 bits per heavy atom. The first-order chi connectivity index (χ1) is 9.68. The van der Waals surface area contributed by atoms with Crippen LogP contribution in [0, 0.1) is 0 Å². The number of aliphatic hydroxyl groups excluding tert-OH is 1. The summed E-state index contributed by atoms with van der Waals surface area (Å²) in [6.45, 7) is 0.871. The number of rotatable bonds is 4. The van der Waals surface area contributed by atoms with E-state index in [0.29, 0.717) is 6.61 Å². The molecule has 2 N–H and O–H groups in total. The molecular formula is C15H15FeO5-. The minimum absolute atomic E-state index is 0. The molecule has 1 aromatic rings. The smallest absolute Gasteiger partial charge is 0.336 e. The normalized spacial score (nSPS) is 20.6. The Morgan fingerprint density at radius 3 is 2.52 bits per heavy atom. The first-order valence-corrected chi connectivity index (χ1v) is 6.15. The number of allylic oxidation sites excluding steroid dienone is 3. The quantitative estimate of drug-likeness (QED) is 0.383. The molecule has 0 radical (unpaired) electrons. The third-order valence-corrected chi connectivity index (χ3v) is 2.64. The number of epoxide rings is 1. The minimum atomic E-state index is -1.09. The van der Waals surface area contributed by atoms with Crippen LogP contribution < -0.4 is 0 Å². The Morgan fingerprint density at radius 2 is 2.05 bits per heavy atom. The number of aliphatic carboxylic acids is 1. The Bertz CT molecular complexity index is 521. The number of carboxylic acid groups (broad SMARTS) is 1. The van der Waals surface area contributed by atoms with Gasteiger partial charge in [0.25, 0.3) is 5.95 Å². The van der Waals surface area contributed by atoms with Gasteiger partial charge < -0.3 is 19.7 Å². The fourth-order valence-corrected chi connectivity index (χ4v) is 1.53. The molecule has 6 heteroatoms. The van der Waals surface area contributed by atoms with Crippen molar-refractivity contribution in [1.82, 2.24) is 0 Å². The molecule has 21 heavy (non-hydrogen) atoms. The second-order valence-electron chi connectivity index (χ2n) is 4.19. The number of carbonyl (C=O) groups is 1. The van der Waals surface area contributed by atoms with Crippen LogP contribution in [0.2, 0.25) is 0 Å². The van der Waals surface area contributed by atoms with Crippen molar-refractivity contribution in [3.8, 4) is 0 Å². The zero-order valence-corrected chi connectivity index (χ0v) is 12.2. The van der Waals surface area contributed by atoms with Crippen LogP contribution in [-0.4, -0.2) is 35.5 Å². The number of hydrogen-bond donors (Lipinski definition) is 2. The van der Waals surface area contributed by atoms with Crippen LogP contribution in [0.3, 0.4) is 0 Å². The third-order valence-electron chi connectivity index (χ3n) is 2.64. The predicted molar refractivity (Wildman–Crippen MR) is 72.2 cm³/mol. The van der Waals surface area contributed by atoms with Crippen LogP contribution in [0.15, 0.2) is 65.7 Å². The largest absolute Gasteiger partial charge is 0.481 e. The fraction of sp³-hybridized carbons (Fsp3) is 0.200. The van der Waals surface area contributed by atoms with Crippen LogP contribution in [0.4, 0.5) is 0 Å². The van der Waals surface area contributed by atoms with E-state index in [1.165, 1.54) is 12.2 Å². The maximum atomic E-state index is 10.7. The van der Waals surface area contributed by atoms with Gasteiger partial charge in [0.05, 0.1) is 17.8 Å². The molecule has 1 aliphatic heterocycles. The molecule has 0 spiro atoms. The van der Waals surface area contributed by atoms with Gasteiger partial charge in [-0.1, -0.05) is 6.08 Å². The van der Waals surface area contributed by atoms with E-state index in [1.54, 1.807) is 6.08 Å². The van der Waals surface area contributed by atoms with Crippen molar-refractivity contribution >= 4 is 5.97 Å². The molecule has 1 atom stereocenters. The third kappa shape index (κ3) is 5.55. The molecule has 1 aromatic carbocycles. The summed E-state index contributed by atoms with van der Waals surface area (Å²) in [5.41, 5.74) is 0.229. The van der Waals surface area contributed by atoms with E-state index in [4.69, 9.17) is 14.6 Å². The molecule has 1 heterocycles. The van der Waals surface area contributed by atoms with Gasteiger partial charge >= 0.3 is 5.97 Å². The molecule has 1 fully saturated rings. The van der Waals surface area contributed by atoms with E-state index in [2.05, 4.69) is 0 Å². The molecule has 0 saturated carbocycles. The van der Waals surface area contributed by atoms with Gasteiger partial charge in [-0.25, -0.2) is 16.9 Å². The van der Waals surface area contributed by atoms with Crippen LogP contribution in [0.5, 0.6) is 0 Å². The van der Waals surface area contributed by atoms with Gasteiger partial charge in [-0.15, -0.1) is 0 Å². The predicted octanol–water partition coefficient (Wildman–Crippen LogP) is 2.16. The van der Waals surface area contributed by atoms with Crippen molar-refractivity contribution in [2.24, 2.45) is 0 Å². The molecule has 2 aliphatic rings. The molecular weight excluding hydrogens is 316 g/mol. The second kappa shape index (κ2) is 8.42. The van der Waals surface area contributed by atoms with Crippen molar-refractivity contribution in [3.05, 3.63) is 65.7 Å². The van der Waals surface area contributed by atoms with Gasteiger partial charge in [0.15, 0.2) is 0 Å². The van der Waals surface area contributed by atoms with Crippen LogP contribution in [0.1, 0.15) is 0 Å². The van der Waals surface area contributed by atoms with Crippen molar-refractivity contribution in [3.63, 3.8) is 0 Å². The standard InChI is InChI=1S/C10H10O5.C5H5.Fe/c11-9(12)7-2-1-3-8(7)10(13)15-5-6-4-14-6;1-2-4-5-3-1;/h1-3,6,13H,4-5H2,(H,11,12);1-5H;/q;-1;/b10-8+;;. The Kier molecular flexibility index (Phi) is 6.88. The molecule has 3 rings (SSSR count). The van der Waals surface area contributed by atoms with Gasteiger partial charge in [-0.05, 0) is 12.2 Å².